The van der Waals surface area contributed by atoms with E-state index < -0.39 is 5.41 Å². The Morgan fingerprint density at radius 1 is 0.333 bits per heavy atom. The third-order valence-corrected chi connectivity index (χ3v) is 12.2. The lowest BCUT2D eigenvalue weighted by molar-refractivity contribution is 0.776. The van der Waals surface area contributed by atoms with Gasteiger partial charge in [-0.2, -0.15) is 0 Å². The van der Waals surface area contributed by atoms with Gasteiger partial charge in [0, 0.05) is 43.1 Å². The number of rotatable bonds is 2. The zero-order valence-electron chi connectivity index (χ0n) is 27.6. The first-order valence-electron chi connectivity index (χ1n) is 17.9. The molecule has 1 aliphatic rings. The molecule has 0 bridgehead atoms. The molecule has 0 saturated carbocycles. The molecule has 0 amide bonds. The van der Waals surface area contributed by atoms with E-state index in [1.807, 2.05) is 0 Å². The molecule has 0 saturated heterocycles. The molecule has 8 aromatic carbocycles. The molecule has 4 heterocycles. The third kappa shape index (κ3) is 2.85. The van der Waals surface area contributed by atoms with Crippen LogP contribution in [0.3, 0.4) is 0 Å². The van der Waals surface area contributed by atoms with Crippen molar-refractivity contribution in [2.45, 2.75) is 5.41 Å². The van der Waals surface area contributed by atoms with E-state index in [0.717, 1.165) is 0 Å². The molecule has 13 rings (SSSR count). The number of aromatic nitrogens is 2. The Balaban J connectivity index is 1.38. The van der Waals surface area contributed by atoms with Crippen LogP contribution in [0.1, 0.15) is 22.3 Å². The Labute approximate surface area is 292 Å². The molecule has 0 unspecified atom stereocenters. The first-order chi connectivity index (χ1) is 25.4. The zero-order chi connectivity index (χ0) is 33.0. The Bertz CT molecular complexity index is 3360. The van der Waals surface area contributed by atoms with Crippen molar-refractivity contribution in [2.24, 2.45) is 0 Å². The number of fused-ring (bicyclic) bond motifs is 17. The molecule has 2 heteroatoms. The fourth-order valence-corrected chi connectivity index (χ4v) is 10.5. The van der Waals surface area contributed by atoms with Crippen molar-refractivity contribution >= 4 is 76.2 Å². The van der Waals surface area contributed by atoms with Crippen LogP contribution in [-0.4, -0.2) is 8.80 Å². The van der Waals surface area contributed by atoms with Gasteiger partial charge in [-0.1, -0.05) is 146 Å². The van der Waals surface area contributed by atoms with Crippen molar-refractivity contribution in [1.29, 1.82) is 0 Å². The quantitative estimate of drug-likeness (QED) is 0.177. The zero-order valence-corrected chi connectivity index (χ0v) is 27.6. The van der Waals surface area contributed by atoms with Crippen LogP contribution in [0.2, 0.25) is 0 Å². The largest absolute Gasteiger partial charge is 0.308 e. The van der Waals surface area contributed by atoms with Crippen LogP contribution in [0.15, 0.2) is 170 Å². The van der Waals surface area contributed by atoms with Gasteiger partial charge in [-0.25, -0.2) is 0 Å². The fraction of sp³-hybridized carbons (Fsp3) is 0.0204. The lowest BCUT2D eigenvalue weighted by atomic mass is 9.66. The van der Waals surface area contributed by atoms with Gasteiger partial charge in [0.05, 0.1) is 38.5 Å². The van der Waals surface area contributed by atoms with Crippen LogP contribution in [-0.2, 0) is 5.41 Å². The number of hydrogen-bond acceptors (Lipinski definition) is 0. The topological polar surface area (TPSA) is 8.82 Å². The van der Waals surface area contributed by atoms with E-state index in [1.165, 1.54) is 110 Å². The first kappa shape index (κ1) is 26.3. The molecule has 0 fully saturated rings. The molecular formula is C49H28N2. The van der Waals surface area contributed by atoms with Crippen molar-refractivity contribution < 1.29 is 0 Å². The summed E-state index contributed by atoms with van der Waals surface area (Å²) in [5, 5.41) is 10.6. The van der Waals surface area contributed by atoms with Gasteiger partial charge >= 0.3 is 0 Å². The summed E-state index contributed by atoms with van der Waals surface area (Å²) < 4.78 is 5.13. The Morgan fingerprint density at radius 2 is 0.922 bits per heavy atom. The third-order valence-electron chi connectivity index (χ3n) is 12.2. The highest BCUT2D eigenvalue weighted by Gasteiger charge is 2.48. The average molecular weight is 645 g/mol. The fourth-order valence-electron chi connectivity index (χ4n) is 10.5. The van der Waals surface area contributed by atoms with Gasteiger partial charge in [0.15, 0.2) is 0 Å². The summed E-state index contributed by atoms with van der Waals surface area (Å²) in [4.78, 5) is 0. The number of para-hydroxylation sites is 3. The molecule has 0 aliphatic heterocycles. The van der Waals surface area contributed by atoms with Gasteiger partial charge < -0.3 is 8.80 Å². The van der Waals surface area contributed by atoms with E-state index in [-0.39, 0.29) is 0 Å². The molecule has 4 aromatic heterocycles. The molecule has 51 heavy (non-hydrogen) atoms. The monoisotopic (exact) mass is 644 g/mol. The van der Waals surface area contributed by atoms with E-state index in [0.29, 0.717) is 0 Å². The van der Waals surface area contributed by atoms with Crippen molar-refractivity contribution in [3.63, 3.8) is 0 Å². The van der Waals surface area contributed by atoms with E-state index in [2.05, 4.69) is 179 Å². The molecular weight excluding hydrogens is 617 g/mol. The summed E-state index contributed by atoms with van der Waals surface area (Å²) >= 11 is 0. The summed E-state index contributed by atoms with van der Waals surface area (Å²) in [6.45, 7) is 0. The van der Waals surface area contributed by atoms with Crippen LogP contribution in [0.4, 0.5) is 0 Å². The maximum atomic E-state index is 2.57. The lowest BCUT2D eigenvalue weighted by Crippen LogP contribution is -2.28. The minimum absolute atomic E-state index is 0.513. The Hall–Kier alpha value is -6.64. The lowest BCUT2D eigenvalue weighted by Gasteiger charge is -2.34. The van der Waals surface area contributed by atoms with Crippen LogP contribution in [0.25, 0.3) is 87.3 Å². The molecule has 0 N–H and O–H groups in total. The van der Waals surface area contributed by atoms with Crippen molar-refractivity contribution in [2.75, 3.05) is 0 Å². The van der Waals surface area contributed by atoms with Crippen LogP contribution >= 0.6 is 0 Å². The second-order valence-corrected chi connectivity index (χ2v) is 14.4. The normalized spacial score (nSPS) is 14.0. The van der Waals surface area contributed by atoms with Gasteiger partial charge in [-0.05, 0) is 57.6 Å². The summed E-state index contributed by atoms with van der Waals surface area (Å²) in [6.07, 6.45) is 0. The molecule has 234 valence electrons. The van der Waals surface area contributed by atoms with Crippen molar-refractivity contribution in [3.05, 3.63) is 192 Å². The Kier molecular flexibility index (Phi) is 4.60. The van der Waals surface area contributed by atoms with Crippen LogP contribution < -0.4 is 0 Å². The highest BCUT2D eigenvalue weighted by atomic mass is 14.9. The van der Waals surface area contributed by atoms with E-state index in [1.54, 1.807) is 0 Å². The predicted octanol–water partition coefficient (Wildman–Crippen LogP) is 12.3. The molecule has 0 radical (unpaired) electrons. The summed E-state index contributed by atoms with van der Waals surface area (Å²) in [5.74, 6) is 0. The van der Waals surface area contributed by atoms with Crippen molar-refractivity contribution in [1.82, 2.24) is 8.80 Å². The molecule has 0 spiro atoms. The van der Waals surface area contributed by atoms with Gasteiger partial charge in [0.1, 0.15) is 0 Å². The van der Waals surface area contributed by atoms with Crippen molar-refractivity contribution in [3.8, 4) is 11.1 Å². The highest BCUT2D eigenvalue weighted by Crippen LogP contribution is 2.60. The number of nitrogens with zero attached hydrogens (tertiary/aromatic N) is 2. The average Bonchev–Trinajstić information content (AvgIpc) is 3.98. The molecule has 0 atom stereocenters. The van der Waals surface area contributed by atoms with Crippen LogP contribution in [0, 0.1) is 0 Å². The summed E-state index contributed by atoms with van der Waals surface area (Å²) in [5.41, 5.74) is 15.1. The van der Waals surface area contributed by atoms with Gasteiger partial charge in [-0.3, -0.25) is 0 Å². The molecule has 2 nitrogen and oxygen atoms in total. The van der Waals surface area contributed by atoms with Gasteiger partial charge in [0.25, 0.3) is 0 Å². The van der Waals surface area contributed by atoms with Gasteiger partial charge in [-0.15, -0.1) is 0 Å². The molecule has 12 aromatic rings. The SMILES string of the molecule is c1ccc(C2(c3ccccc3)c3ccccc3-c3ccc4c(c32)c2c3c5cccc6c7ccccc7n(c3cc3c7ccccc7n4c32)c65)cc1. The standard InChI is InChI=1S/C49H28N2/c1-3-14-29(15-4-1)49(30-16-5-2-6-17-30)38-23-10-7-18-31(38)34-26-27-41-44(46(34)49)45-43-36-22-13-21-35-32-19-8-11-24-39(32)51(47(35)36)42(43)28-37-33-20-9-12-25-40(33)50(41)48(37)45/h1-28H. The smallest absolute Gasteiger partial charge is 0.0720 e. The summed E-state index contributed by atoms with van der Waals surface area (Å²) in [7, 11) is 0. The van der Waals surface area contributed by atoms with Crippen LogP contribution in [0.5, 0.6) is 0 Å². The Morgan fingerprint density at radius 3 is 1.67 bits per heavy atom. The second kappa shape index (κ2) is 8.93. The van der Waals surface area contributed by atoms with E-state index in [4.69, 9.17) is 0 Å². The minimum atomic E-state index is -0.513. The van der Waals surface area contributed by atoms with E-state index >= 15 is 0 Å². The first-order valence-corrected chi connectivity index (χ1v) is 17.9. The highest BCUT2D eigenvalue weighted by molar-refractivity contribution is 6.38. The molecule has 1 aliphatic carbocycles. The van der Waals surface area contributed by atoms with E-state index in [9.17, 15) is 0 Å². The maximum absolute atomic E-state index is 2.57. The van der Waals surface area contributed by atoms with Gasteiger partial charge in [0.2, 0.25) is 0 Å². The number of benzene rings is 8. The predicted molar refractivity (Wildman–Crippen MR) is 213 cm³/mol. The summed E-state index contributed by atoms with van der Waals surface area (Å²) in [6, 6.07) is 63.7. The minimum Gasteiger partial charge on any atom is -0.308 e. The maximum Gasteiger partial charge on any atom is 0.0720 e. The second-order valence-electron chi connectivity index (χ2n) is 14.4. The number of hydrogen-bond donors (Lipinski definition) is 0.